The number of rotatable bonds is 10. The molecular formula is C19H33N3O6. The highest BCUT2D eigenvalue weighted by molar-refractivity contribution is 5.81. The molecule has 28 heavy (non-hydrogen) atoms. The Morgan fingerprint density at radius 2 is 2.14 bits per heavy atom. The summed E-state index contributed by atoms with van der Waals surface area (Å²) in [5, 5.41) is 12.0. The van der Waals surface area contributed by atoms with Crippen molar-refractivity contribution >= 4 is 5.91 Å². The van der Waals surface area contributed by atoms with E-state index < -0.39 is 18.0 Å². The van der Waals surface area contributed by atoms with Gasteiger partial charge in [0, 0.05) is 19.6 Å². The van der Waals surface area contributed by atoms with E-state index in [0.717, 1.165) is 0 Å². The number of carbonyl (C=O) groups excluding carboxylic acids is 1. The van der Waals surface area contributed by atoms with Crippen molar-refractivity contribution < 1.29 is 28.5 Å². The molecule has 0 aliphatic carbocycles. The molecule has 4 atom stereocenters. The van der Waals surface area contributed by atoms with Crippen molar-refractivity contribution in [1.82, 2.24) is 15.2 Å². The van der Waals surface area contributed by atoms with Crippen LogP contribution < -0.4 is 5.32 Å². The Morgan fingerprint density at radius 1 is 1.43 bits per heavy atom. The molecule has 160 valence electrons. The Balaban J connectivity index is 1.94. The van der Waals surface area contributed by atoms with Crippen LogP contribution in [0.3, 0.4) is 0 Å². The normalized spacial score (nSPS) is 23.7. The van der Waals surface area contributed by atoms with E-state index in [1.807, 2.05) is 25.9 Å². The lowest BCUT2D eigenvalue weighted by Crippen LogP contribution is -2.52. The highest BCUT2D eigenvalue weighted by atomic mass is 16.8. The summed E-state index contributed by atoms with van der Waals surface area (Å²) in [6, 6.07) is -0.120. The molecule has 0 aromatic carbocycles. The van der Waals surface area contributed by atoms with Crippen LogP contribution in [0.4, 0.5) is 0 Å². The molecule has 0 bridgehead atoms. The first-order valence-corrected chi connectivity index (χ1v) is 9.52. The van der Waals surface area contributed by atoms with E-state index in [1.54, 1.807) is 21.0 Å². The molecule has 2 heterocycles. The third-order valence-electron chi connectivity index (χ3n) is 4.80. The van der Waals surface area contributed by atoms with Gasteiger partial charge in [0.1, 0.15) is 18.1 Å². The Bertz CT molecular complexity index is 633. The molecule has 1 aromatic rings. The largest absolute Gasteiger partial charge is 0.448 e. The molecule has 1 saturated heterocycles. The quantitative estimate of drug-likeness (QED) is 0.597. The minimum absolute atomic E-state index is 0.0107. The second-order valence-corrected chi connectivity index (χ2v) is 7.82. The number of nitrogens with one attached hydrogen (secondary N) is 1. The van der Waals surface area contributed by atoms with Crippen molar-refractivity contribution in [3.63, 3.8) is 0 Å². The van der Waals surface area contributed by atoms with Gasteiger partial charge in [0.15, 0.2) is 17.8 Å². The van der Waals surface area contributed by atoms with Gasteiger partial charge in [0.25, 0.3) is 5.91 Å². The zero-order valence-electron chi connectivity index (χ0n) is 17.6. The van der Waals surface area contributed by atoms with Crippen LogP contribution in [0, 0.1) is 0 Å². The number of amides is 1. The van der Waals surface area contributed by atoms with Gasteiger partial charge >= 0.3 is 0 Å². The predicted molar refractivity (Wildman–Crippen MR) is 102 cm³/mol. The third kappa shape index (κ3) is 5.74. The van der Waals surface area contributed by atoms with Gasteiger partial charge in [-0.2, -0.15) is 0 Å². The molecule has 9 nitrogen and oxygen atoms in total. The molecule has 0 radical (unpaired) electrons. The average molecular weight is 399 g/mol. The van der Waals surface area contributed by atoms with Crippen LogP contribution in [0.2, 0.25) is 0 Å². The van der Waals surface area contributed by atoms with Crippen LogP contribution >= 0.6 is 0 Å². The highest BCUT2D eigenvalue weighted by Gasteiger charge is 2.49. The summed E-state index contributed by atoms with van der Waals surface area (Å²) in [5.41, 5.74) is 0.500. The number of aliphatic hydroxyl groups is 1. The molecule has 1 aromatic heterocycles. The monoisotopic (exact) mass is 399 g/mol. The Hall–Kier alpha value is -1.52. The van der Waals surface area contributed by atoms with E-state index in [9.17, 15) is 4.79 Å². The minimum atomic E-state index is -0.846. The first-order chi connectivity index (χ1) is 13.2. The number of likely N-dealkylation sites (N-methyl/N-ethyl adjacent to an activating group) is 1. The van der Waals surface area contributed by atoms with Crippen molar-refractivity contribution in [2.45, 2.75) is 63.8 Å². The first kappa shape index (κ1) is 22.8. The van der Waals surface area contributed by atoms with Crippen LogP contribution in [0.15, 0.2) is 10.7 Å². The van der Waals surface area contributed by atoms with Gasteiger partial charge in [0.2, 0.25) is 0 Å². The molecule has 9 heteroatoms. The van der Waals surface area contributed by atoms with Gasteiger partial charge < -0.3 is 34.0 Å². The van der Waals surface area contributed by atoms with Crippen LogP contribution in [0.1, 0.15) is 44.7 Å². The molecule has 0 spiro atoms. The number of hydrogen-bond acceptors (Lipinski definition) is 8. The minimum Gasteiger partial charge on any atom is -0.448 e. The lowest BCUT2D eigenvalue weighted by molar-refractivity contribution is -0.158. The zero-order chi connectivity index (χ0) is 20.9. The molecule has 2 N–H and O–H groups in total. The van der Waals surface area contributed by atoms with Crippen LogP contribution in [-0.4, -0.2) is 79.3 Å². The van der Waals surface area contributed by atoms with Gasteiger partial charge in [0.05, 0.1) is 19.3 Å². The maximum absolute atomic E-state index is 12.8. The van der Waals surface area contributed by atoms with E-state index in [0.29, 0.717) is 31.2 Å². The standard InChI is InChI=1S/C19H33N3O6/c1-12(18-21-13(9-23)10-26-18)7-8-20-17(24)16-15(27-19(2,3)28-16)14(11-25-6)22(4)5/h10,12,14-16,23H,7-9,11H2,1-6H3,(H,20,24)/t12-,14-,15-,16-/m0/s1. The third-order valence-corrected chi connectivity index (χ3v) is 4.80. The average Bonchev–Trinajstić information content (AvgIpc) is 3.23. The molecule has 2 rings (SSSR count). The second kappa shape index (κ2) is 9.80. The van der Waals surface area contributed by atoms with E-state index in [4.69, 9.17) is 23.7 Å². The number of carbonyl (C=O) groups is 1. The highest BCUT2D eigenvalue weighted by Crippen LogP contribution is 2.31. The fourth-order valence-corrected chi connectivity index (χ4v) is 3.24. The van der Waals surface area contributed by atoms with Crippen molar-refractivity contribution in [3.8, 4) is 0 Å². The summed E-state index contributed by atoms with van der Waals surface area (Å²) >= 11 is 0. The first-order valence-electron chi connectivity index (χ1n) is 9.52. The van der Waals surface area contributed by atoms with Gasteiger partial charge in [-0.15, -0.1) is 0 Å². The summed E-state index contributed by atoms with van der Waals surface area (Å²) < 4.78 is 22.6. The fourth-order valence-electron chi connectivity index (χ4n) is 3.24. The van der Waals surface area contributed by atoms with Crippen LogP contribution in [0.5, 0.6) is 0 Å². The molecular weight excluding hydrogens is 366 g/mol. The number of nitrogens with zero attached hydrogens (tertiary/aromatic N) is 2. The summed E-state index contributed by atoms with van der Waals surface area (Å²) in [7, 11) is 5.47. The van der Waals surface area contributed by atoms with E-state index in [1.165, 1.54) is 6.26 Å². The number of aliphatic hydroxyl groups excluding tert-OH is 1. The summed E-state index contributed by atoms with van der Waals surface area (Å²) in [5.74, 6) is -0.503. The zero-order valence-corrected chi connectivity index (χ0v) is 17.6. The van der Waals surface area contributed by atoms with Gasteiger partial charge in [-0.05, 0) is 34.4 Å². The van der Waals surface area contributed by atoms with Crippen LogP contribution in [-0.2, 0) is 25.6 Å². The van der Waals surface area contributed by atoms with Crippen LogP contribution in [0.25, 0.3) is 0 Å². The van der Waals surface area contributed by atoms with E-state index in [2.05, 4.69) is 10.3 Å². The fraction of sp³-hybridized carbons (Fsp3) is 0.789. The Morgan fingerprint density at radius 3 is 2.71 bits per heavy atom. The SMILES string of the molecule is COC[C@@H]([C@@H]1OC(C)(C)O[C@@H]1C(=O)NCC[C@H](C)c1nc(CO)co1)N(C)C. The molecule has 1 aliphatic heterocycles. The van der Waals surface area contributed by atoms with E-state index in [-0.39, 0.29) is 24.5 Å². The summed E-state index contributed by atoms with van der Waals surface area (Å²) in [6.07, 6.45) is 0.920. The number of ether oxygens (including phenoxy) is 3. The number of oxazole rings is 1. The second-order valence-electron chi connectivity index (χ2n) is 7.82. The smallest absolute Gasteiger partial charge is 0.252 e. The van der Waals surface area contributed by atoms with Gasteiger partial charge in [-0.1, -0.05) is 6.92 Å². The van der Waals surface area contributed by atoms with Crippen molar-refractivity contribution in [2.24, 2.45) is 0 Å². The summed E-state index contributed by atoms with van der Waals surface area (Å²) in [6.45, 7) is 6.28. The summed E-state index contributed by atoms with van der Waals surface area (Å²) in [4.78, 5) is 19.0. The van der Waals surface area contributed by atoms with Crippen molar-refractivity contribution in [2.75, 3.05) is 34.4 Å². The number of aromatic nitrogens is 1. The number of methoxy groups -OCH3 is 1. The van der Waals surface area contributed by atoms with Crippen molar-refractivity contribution in [1.29, 1.82) is 0 Å². The lowest BCUT2D eigenvalue weighted by atomic mass is 10.0. The van der Waals surface area contributed by atoms with Crippen molar-refractivity contribution in [3.05, 3.63) is 17.8 Å². The van der Waals surface area contributed by atoms with Gasteiger partial charge in [-0.25, -0.2) is 4.98 Å². The molecule has 1 fully saturated rings. The van der Waals surface area contributed by atoms with Gasteiger partial charge in [-0.3, -0.25) is 4.79 Å². The van der Waals surface area contributed by atoms with E-state index >= 15 is 0 Å². The number of hydrogen-bond donors (Lipinski definition) is 2. The molecule has 0 unspecified atom stereocenters. The predicted octanol–water partition coefficient (Wildman–Crippen LogP) is 0.873. The molecule has 0 saturated carbocycles. The Labute approximate surface area is 166 Å². The maximum Gasteiger partial charge on any atom is 0.252 e. The lowest BCUT2D eigenvalue weighted by Gasteiger charge is -2.30. The Kier molecular flexibility index (Phi) is 7.97. The topological polar surface area (TPSA) is 106 Å². The molecule has 1 aliphatic rings. The maximum atomic E-state index is 12.8. The molecule has 1 amide bonds.